The Labute approximate surface area is 131 Å². The molecular formula is C17H19NO3S. The van der Waals surface area contributed by atoms with Gasteiger partial charge in [0, 0.05) is 13.1 Å². The quantitative estimate of drug-likeness (QED) is 0.853. The minimum atomic E-state index is -3.60. The van der Waals surface area contributed by atoms with Gasteiger partial charge in [-0.3, -0.25) is 0 Å². The SMILES string of the molecule is O=S(=O)(c1ccccc1)N(C/C=C/c1ccccc1)CCO. The maximum Gasteiger partial charge on any atom is 0.243 e. The average Bonchev–Trinajstić information content (AvgIpc) is 2.56. The molecule has 0 unspecified atom stereocenters. The van der Waals surface area contributed by atoms with Gasteiger partial charge in [-0.25, -0.2) is 8.42 Å². The molecule has 0 saturated heterocycles. The molecule has 2 aromatic carbocycles. The first kappa shape index (κ1) is 16.4. The molecule has 0 aromatic heterocycles. The Morgan fingerprint density at radius 3 is 2.14 bits per heavy atom. The van der Waals surface area contributed by atoms with Crippen molar-refractivity contribution in [2.24, 2.45) is 0 Å². The number of nitrogens with zero attached hydrogens (tertiary/aromatic N) is 1. The average molecular weight is 317 g/mol. The molecule has 4 nitrogen and oxygen atoms in total. The van der Waals surface area contributed by atoms with Crippen LogP contribution in [-0.2, 0) is 10.0 Å². The lowest BCUT2D eigenvalue weighted by Crippen LogP contribution is -2.33. The van der Waals surface area contributed by atoms with E-state index >= 15 is 0 Å². The van der Waals surface area contributed by atoms with E-state index in [4.69, 9.17) is 5.11 Å². The lowest BCUT2D eigenvalue weighted by atomic mass is 10.2. The summed E-state index contributed by atoms with van der Waals surface area (Å²) in [5, 5.41) is 9.13. The molecule has 0 spiro atoms. The zero-order valence-electron chi connectivity index (χ0n) is 12.2. The molecule has 0 aliphatic heterocycles. The Morgan fingerprint density at radius 1 is 0.955 bits per heavy atom. The van der Waals surface area contributed by atoms with E-state index in [1.807, 2.05) is 36.4 Å². The van der Waals surface area contributed by atoms with Crippen molar-refractivity contribution in [1.82, 2.24) is 4.31 Å². The zero-order valence-corrected chi connectivity index (χ0v) is 13.0. The Bertz CT molecular complexity index is 697. The molecule has 0 saturated carbocycles. The van der Waals surface area contributed by atoms with Crippen LogP contribution in [0.4, 0.5) is 0 Å². The highest BCUT2D eigenvalue weighted by atomic mass is 32.2. The molecule has 0 amide bonds. The van der Waals surface area contributed by atoms with Crippen LogP contribution in [-0.4, -0.2) is 37.5 Å². The molecule has 1 N–H and O–H groups in total. The zero-order chi connectivity index (χ0) is 15.8. The first-order valence-corrected chi connectivity index (χ1v) is 8.46. The summed E-state index contributed by atoms with van der Waals surface area (Å²) in [4.78, 5) is 0.233. The molecule has 0 radical (unpaired) electrons. The molecule has 2 rings (SSSR count). The van der Waals surface area contributed by atoms with E-state index in [0.29, 0.717) is 0 Å². The van der Waals surface area contributed by atoms with Crippen molar-refractivity contribution in [2.45, 2.75) is 4.90 Å². The van der Waals surface area contributed by atoms with E-state index in [-0.39, 0.29) is 24.6 Å². The van der Waals surface area contributed by atoms with E-state index in [9.17, 15) is 8.42 Å². The Morgan fingerprint density at radius 2 is 1.55 bits per heavy atom. The molecule has 0 aliphatic carbocycles. The number of aliphatic hydroxyl groups is 1. The van der Waals surface area contributed by atoms with E-state index < -0.39 is 10.0 Å². The Balaban J connectivity index is 2.15. The standard InChI is InChI=1S/C17H19NO3S/c19-15-14-18(13-7-10-16-8-3-1-4-9-16)22(20,21)17-11-5-2-6-12-17/h1-12,19H,13-15H2/b10-7+. The van der Waals surface area contributed by atoms with Gasteiger partial charge in [-0.15, -0.1) is 0 Å². The van der Waals surface area contributed by atoms with E-state index in [1.165, 1.54) is 4.31 Å². The van der Waals surface area contributed by atoms with Gasteiger partial charge in [0.15, 0.2) is 0 Å². The van der Waals surface area contributed by atoms with Gasteiger partial charge in [-0.05, 0) is 17.7 Å². The van der Waals surface area contributed by atoms with Crippen LogP contribution in [0.25, 0.3) is 6.08 Å². The molecule has 0 bridgehead atoms. The number of hydrogen-bond donors (Lipinski definition) is 1. The van der Waals surface area contributed by atoms with E-state index in [2.05, 4.69) is 0 Å². The normalized spacial score (nSPS) is 12.1. The number of hydrogen-bond acceptors (Lipinski definition) is 3. The largest absolute Gasteiger partial charge is 0.395 e. The third-order valence-corrected chi connectivity index (χ3v) is 5.03. The van der Waals surface area contributed by atoms with Gasteiger partial charge in [0.1, 0.15) is 0 Å². The van der Waals surface area contributed by atoms with Crippen molar-refractivity contribution < 1.29 is 13.5 Å². The predicted molar refractivity (Wildman–Crippen MR) is 87.8 cm³/mol. The fraction of sp³-hybridized carbons (Fsp3) is 0.176. The minimum Gasteiger partial charge on any atom is -0.395 e. The number of aliphatic hydroxyl groups excluding tert-OH is 1. The highest BCUT2D eigenvalue weighted by Crippen LogP contribution is 2.15. The van der Waals surface area contributed by atoms with Crippen molar-refractivity contribution >= 4 is 16.1 Å². The van der Waals surface area contributed by atoms with Crippen LogP contribution in [0.2, 0.25) is 0 Å². The summed E-state index contributed by atoms with van der Waals surface area (Å²) in [7, 11) is -3.60. The molecule has 0 heterocycles. The van der Waals surface area contributed by atoms with Crippen molar-refractivity contribution in [3.8, 4) is 0 Å². The number of benzene rings is 2. The molecule has 22 heavy (non-hydrogen) atoms. The number of sulfonamides is 1. The second kappa shape index (κ2) is 7.89. The molecule has 0 fully saturated rings. The van der Waals surface area contributed by atoms with E-state index in [1.54, 1.807) is 36.4 Å². The minimum absolute atomic E-state index is 0.0658. The summed E-state index contributed by atoms with van der Waals surface area (Å²) >= 11 is 0. The summed E-state index contributed by atoms with van der Waals surface area (Å²) in [6, 6.07) is 17.9. The predicted octanol–water partition coefficient (Wildman–Crippen LogP) is 2.38. The first-order chi connectivity index (χ1) is 10.6. The van der Waals surface area contributed by atoms with Crippen LogP contribution in [0.5, 0.6) is 0 Å². The van der Waals surface area contributed by atoms with Gasteiger partial charge < -0.3 is 5.11 Å². The van der Waals surface area contributed by atoms with Gasteiger partial charge in [0.05, 0.1) is 11.5 Å². The van der Waals surface area contributed by atoms with Crippen molar-refractivity contribution in [3.63, 3.8) is 0 Å². The summed E-state index contributed by atoms with van der Waals surface area (Å²) in [5.74, 6) is 0. The van der Waals surface area contributed by atoms with Crippen LogP contribution in [0.3, 0.4) is 0 Å². The highest BCUT2D eigenvalue weighted by molar-refractivity contribution is 7.89. The highest BCUT2D eigenvalue weighted by Gasteiger charge is 2.22. The van der Waals surface area contributed by atoms with Crippen LogP contribution in [0.1, 0.15) is 5.56 Å². The van der Waals surface area contributed by atoms with Crippen LogP contribution < -0.4 is 0 Å². The lowest BCUT2D eigenvalue weighted by molar-refractivity contribution is 0.260. The van der Waals surface area contributed by atoms with Crippen LogP contribution >= 0.6 is 0 Å². The fourth-order valence-electron chi connectivity index (χ4n) is 2.03. The summed E-state index contributed by atoms with van der Waals surface area (Å²) < 4.78 is 26.4. The summed E-state index contributed by atoms with van der Waals surface area (Å²) in [5.41, 5.74) is 1.00. The van der Waals surface area contributed by atoms with Gasteiger partial charge in [-0.2, -0.15) is 4.31 Å². The molecule has 5 heteroatoms. The molecule has 0 atom stereocenters. The number of rotatable bonds is 7. The second-order valence-electron chi connectivity index (χ2n) is 4.71. The maximum absolute atomic E-state index is 12.5. The van der Waals surface area contributed by atoms with Crippen molar-refractivity contribution in [2.75, 3.05) is 19.7 Å². The maximum atomic E-state index is 12.5. The van der Waals surface area contributed by atoms with Crippen LogP contribution in [0, 0.1) is 0 Å². The second-order valence-corrected chi connectivity index (χ2v) is 6.65. The van der Waals surface area contributed by atoms with E-state index in [0.717, 1.165) is 5.56 Å². The van der Waals surface area contributed by atoms with Crippen molar-refractivity contribution in [1.29, 1.82) is 0 Å². The molecular weight excluding hydrogens is 298 g/mol. The third kappa shape index (κ3) is 4.27. The Hall–Kier alpha value is -1.95. The molecule has 116 valence electrons. The molecule has 0 aliphatic rings. The van der Waals surface area contributed by atoms with Crippen LogP contribution in [0.15, 0.2) is 71.6 Å². The van der Waals surface area contributed by atoms with Gasteiger partial charge >= 0.3 is 0 Å². The monoisotopic (exact) mass is 317 g/mol. The Kier molecular flexibility index (Phi) is 5.89. The fourth-order valence-corrected chi connectivity index (χ4v) is 3.44. The van der Waals surface area contributed by atoms with Crippen molar-refractivity contribution in [3.05, 3.63) is 72.3 Å². The summed E-state index contributed by atoms with van der Waals surface area (Å²) in [6.45, 7) is 0.0638. The molecule has 2 aromatic rings. The summed E-state index contributed by atoms with van der Waals surface area (Å²) in [6.07, 6.45) is 3.65. The first-order valence-electron chi connectivity index (χ1n) is 7.02. The topological polar surface area (TPSA) is 57.6 Å². The third-order valence-electron chi connectivity index (χ3n) is 3.15. The van der Waals surface area contributed by atoms with Gasteiger partial charge in [0.2, 0.25) is 10.0 Å². The lowest BCUT2D eigenvalue weighted by Gasteiger charge is -2.19. The van der Waals surface area contributed by atoms with Gasteiger partial charge in [0.25, 0.3) is 0 Å². The smallest absolute Gasteiger partial charge is 0.243 e. The van der Waals surface area contributed by atoms with Gasteiger partial charge in [-0.1, -0.05) is 60.7 Å².